The van der Waals surface area contributed by atoms with Gasteiger partial charge in [0.05, 0.1) is 0 Å². The molecular formula is C20H44. The van der Waals surface area contributed by atoms with Crippen LogP contribution in [0.1, 0.15) is 107 Å². The van der Waals surface area contributed by atoms with Gasteiger partial charge in [-0.3, -0.25) is 0 Å². The summed E-state index contributed by atoms with van der Waals surface area (Å²) in [5.74, 6) is 3.83. The van der Waals surface area contributed by atoms with Crippen LogP contribution >= 0.6 is 0 Å². The van der Waals surface area contributed by atoms with Crippen molar-refractivity contribution in [3.05, 3.63) is 0 Å². The molecule has 0 N–H and O–H groups in total. The zero-order valence-electron chi connectivity index (χ0n) is 16.0. The highest BCUT2D eigenvalue weighted by molar-refractivity contribution is 4.63. The van der Waals surface area contributed by atoms with Gasteiger partial charge in [-0.1, -0.05) is 107 Å². The van der Waals surface area contributed by atoms with E-state index in [0.717, 1.165) is 23.7 Å². The first kappa shape index (κ1) is 22.3. The number of hydrogen-bond donors (Lipinski definition) is 0. The van der Waals surface area contributed by atoms with E-state index < -0.39 is 0 Å². The van der Waals surface area contributed by atoms with Crippen molar-refractivity contribution in [2.45, 2.75) is 107 Å². The van der Waals surface area contributed by atoms with Crippen molar-refractivity contribution in [1.82, 2.24) is 0 Å². The molecule has 3 unspecified atom stereocenters. The van der Waals surface area contributed by atoms with Crippen LogP contribution in [0.3, 0.4) is 0 Å². The predicted octanol–water partition coefficient (Wildman–Crippen LogP) is 7.72. The van der Waals surface area contributed by atoms with Crippen LogP contribution in [0.25, 0.3) is 0 Å². The molecule has 0 heterocycles. The Kier molecular flexibility index (Phi) is 17.1. The van der Waals surface area contributed by atoms with E-state index in [4.69, 9.17) is 0 Å². The fraction of sp³-hybridized carbons (Fsp3) is 1.00. The first-order valence-electron chi connectivity index (χ1n) is 9.51. The maximum Gasteiger partial charge on any atom is -0.0391 e. The quantitative estimate of drug-likeness (QED) is 0.385. The molecular weight excluding hydrogens is 240 g/mol. The summed E-state index contributed by atoms with van der Waals surface area (Å²) in [5.41, 5.74) is 0. The second kappa shape index (κ2) is 15.4. The molecule has 0 spiro atoms. The minimum atomic E-state index is 0.935. The number of hydrogen-bond acceptors (Lipinski definition) is 0. The third-order valence-electron chi connectivity index (χ3n) is 5.23. The highest BCUT2D eigenvalue weighted by Crippen LogP contribution is 2.23. The topological polar surface area (TPSA) is 0 Å². The molecule has 0 aliphatic heterocycles. The van der Waals surface area contributed by atoms with Crippen LogP contribution in [0.15, 0.2) is 0 Å². The molecule has 0 aromatic rings. The molecule has 0 aliphatic rings. The Morgan fingerprint density at radius 3 is 1.25 bits per heavy atom. The monoisotopic (exact) mass is 284 g/mol. The largest absolute Gasteiger partial charge is 0.0654 e. The number of rotatable bonds is 10. The van der Waals surface area contributed by atoms with Crippen molar-refractivity contribution in [1.29, 1.82) is 0 Å². The average molecular weight is 285 g/mol. The van der Waals surface area contributed by atoms with Crippen molar-refractivity contribution in [2.75, 3.05) is 0 Å². The van der Waals surface area contributed by atoms with Gasteiger partial charge in [0.15, 0.2) is 0 Å². The summed E-state index contributed by atoms with van der Waals surface area (Å²) in [6.45, 7) is 18.5. The fourth-order valence-electron chi connectivity index (χ4n) is 3.38. The van der Waals surface area contributed by atoms with Crippen LogP contribution < -0.4 is 0 Å². The molecule has 0 saturated heterocycles. The molecule has 0 rings (SSSR count). The maximum atomic E-state index is 2.39. The summed E-state index contributed by atoms with van der Waals surface area (Å²) in [4.78, 5) is 0. The van der Waals surface area contributed by atoms with E-state index in [1.54, 1.807) is 0 Å². The fourth-order valence-corrected chi connectivity index (χ4v) is 3.38. The Hall–Kier alpha value is 0. The Morgan fingerprint density at radius 1 is 0.500 bits per heavy atom. The van der Waals surface area contributed by atoms with Gasteiger partial charge in [0.25, 0.3) is 0 Å². The van der Waals surface area contributed by atoms with E-state index in [0.29, 0.717) is 0 Å². The summed E-state index contributed by atoms with van der Waals surface area (Å²) >= 11 is 0. The molecule has 0 fully saturated rings. The van der Waals surface area contributed by atoms with Gasteiger partial charge >= 0.3 is 0 Å². The first-order valence-corrected chi connectivity index (χ1v) is 9.51. The highest BCUT2D eigenvalue weighted by Gasteiger charge is 2.12. The van der Waals surface area contributed by atoms with Gasteiger partial charge in [-0.2, -0.15) is 0 Å². The minimum absolute atomic E-state index is 0.935. The van der Waals surface area contributed by atoms with E-state index in [1.165, 1.54) is 51.4 Å². The Morgan fingerprint density at radius 2 is 0.950 bits per heavy atom. The molecule has 124 valence electrons. The highest BCUT2D eigenvalue weighted by atomic mass is 14.2. The van der Waals surface area contributed by atoms with Gasteiger partial charge in [-0.25, -0.2) is 0 Å². The van der Waals surface area contributed by atoms with Crippen molar-refractivity contribution in [2.24, 2.45) is 23.7 Å². The Bertz CT molecular complexity index is 169. The van der Waals surface area contributed by atoms with Gasteiger partial charge < -0.3 is 0 Å². The third kappa shape index (κ3) is 10.7. The van der Waals surface area contributed by atoms with Crippen molar-refractivity contribution in [3.8, 4) is 0 Å². The molecule has 0 bridgehead atoms. The van der Waals surface area contributed by atoms with Crippen molar-refractivity contribution >= 4 is 0 Å². The van der Waals surface area contributed by atoms with E-state index in [-0.39, 0.29) is 0 Å². The second-order valence-corrected chi connectivity index (χ2v) is 6.69. The lowest BCUT2D eigenvalue weighted by Crippen LogP contribution is -2.09. The SMILES string of the molecule is CCCC(C)C(CC)CC.CCCC(CC)C(C)CC. The Balaban J connectivity index is 0. The van der Waals surface area contributed by atoms with Crippen LogP contribution in [0.5, 0.6) is 0 Å². The molecule has 0 heteroatoms. The molecule has 0 nitrogen and oxygen atoms in total. The zero-order chi connectivity index (χ0) is 16.0. The first-order chi connectivity index (χ1) is 9.51. The zero-order valence-corrected chi connectivity index (χ0v) is 16.0. The van der Waals surface area contributed by atoms with E-state index >= 15 is 0 Å². The van der Waals surface area contributed by atoms with Crippen molar-refractivity contribution in [3.63, 3.8) is 0 Å². The van der Waals surface area contributed by atoms with Crippen LogP contribution in [0, 0.1) is 23.7 Å². The summed E-state index contributed by atoms with van der Waals surface area (Å²) in [7, 11) is 0. The molecule has 0 aliphatic carbocycles. The molecule has 0 radical (unpaired) electrons. The van der Waals surface area contributed by atoms with Gasteiger partial charge in [-0.05, 0) is 23.7 Å². The lowest BCUT2D eigenvalue weighted by atomic mass is 9.86. The van der Waals surface area contributed by atoms with Gasteiger partial charge in [0.1, 0.15) is 0 Å². The lowest BCUT2D eigenvalue weighted by Gasteiger charge is -2.20. The average Bonchev–Trinajstić information content (AvgIpc) is 2.46. The van der Waals surface area contributed by atoms with Crippen molar-refractivity contribution < 1.29 is 0 Å². The van der Waals surface area contributed by atoms with Crippen LogP contribution in [0.2, 0.25) is 0 Å². The summed E-state index contributed by atoms with van der Waals surface area (Å²) in [6, 6.07) is 0. The molecule has 3 atom stereocenters. The Labute approximate surface area is 131 Å². The van der Waals surface area contributed by atoms with Gasteiger partial charge in [0, 0.05) is 0 Å². The lowest BCUT2D eigenvalue weighted by molar-refractivity contribution is 0.315. The van der Waals surface area contributed by atoms with Crippen LogP contribution in [-0.4, -0.2) is 0 Å². The molecule has 0 saturated carbocycles. The smallest absolute Gasteiger partial charge is 0.0391 e. The standard InChI is InChI=1S/2C10H22/c1-5-8-9(4)10(6-2)7-3;1-5-8-10(7-3)9(4)6-2/h2*9-10H,5-8H2,1-4H3. The van der Waals surface area contributed by atoms with Gasteiger partial charge in [-0.15, -0.1) is 0 Å². The summed E-state index contributed by atoms with van der Waals surface area (Å²) in [6.07, 6.45) is 11.0. The van der Waals surface area contributed by atoms with E-state index in [1.807, 2.05) is 0 Å². The predicted molar refractivity (Wildman–Crippen MR) is 96.3 cm³/mol. The minimum Gasteiger partial charge on any atom is -0.0654 e. The third-order valence-corrected chi connectivity index (χ3v) is 5.23. The molecule has 0 aromatic heterocycles. The van der Waals surface area contributed by atoms with E-state index in [9.17, 15) is 0 Å². The van der Waals surface area contributed by atoms with Crippen LogP contribution in [0.4, 0.5) is 0 Å². The molecule has 0 amide bonds. The van der Waals surface area contributed by atoms with Gasteiger partial charge in [0.2, 0.25) is 0 Å². The normalized spacial score (nSPS) is 15.4. The summed E-state index contributed by atoms with van der Waals surface area (Å²) < 4.78 is 0. The summed E-state index contributed by atoms with van der Waals surface area (Å²) in [5, 5.41) is 0. The van der Waals surface area contributed by atoms with E-state index in [2.05, 4.69) is 55.4 Å². The molecule has 20 heavy (non-hydrogen) atoms. The second-order valence-electron chi connectivity index (χ2n) is 6.69. The molecule has 0 aromatic carbocycles. The van der Waals surface area contributed by atoms with Crippen LogP contribution in [-0.2, 0) is 0 Å². The maximum absolute atomic E-state index is 2.39.